The minimum atomic E-state index is -0.0637. The zero-order valence-electron chi connectivity index (χ0n) is 9.80. The van der Waals surface area contributed by atoms with Gasteiger partial charge in [-0.15, -0.1) is 11.3 Å². The molecule has 0 aromatic carbocycles. The van der Waals surface area contributed by atoms with Crippen LogP contribution in [0.15, 0.2) is 17.5 Å². The van der Waals surface area contributed by atoms with Gasteiger partial charge in [-0.05, 0) is 43.3 Å². The van der Waals surface area contributed by atoms with Crippen molar-refractivity contribution in [3.05, 3.63) is 22.4 Å². The Morgan fingerprint density at radius 1 is 1.47 bits per heavy atom. The smallest absolute Gasteiger partial charge is 0.311 e. The van der Waals surface area contributed by atoms with Crippen molar-refractivity contribution in [2.75, 3.05) is 19.6 Å². The number of esters is 1. The Balaban J connectivity index is 1.55. The highest BCUT2D eigenvalue weighted by molar-refractivity contribution is 7.10. The number of hydrogen-bond donors (Lipinski definition) is 0. The fraction of sp³-hybridized carbons (Fsp3) is 0.615. The van der Waals surface area contributed by atoms with Gasteiger partial charge >= 0.3 is 5.97 Å². The van der Waals surface area contributed by atoms with E-state index in [1.807, 2.05) is 17.5 Å². The quantitative estimate of drug-likeness (QED) is 0.769. The van der Waals surface area contributed by atoms with Gasteiger partial charge in [0.2, 0.25) is 0 Å². The van der Waals surface area contributed by atoms with Gasteiger partial charge in [0, 0.05) is 11.4 Å². The van der Waals surface area contributed by atoms with Crippen LogP contribution in [0.1, 0.15) is 17.7 Å². The first kappa shape index (κ1) is 11.2. The number of nitrogens with zero attached hydrogens (tertiary/aromatic N) is 1. The maximum Gasteiger partial charge on any atom is 0.311 e. The van der Waals surface area contributed by atoms with Crippen molar-refractivity contribution >= 4 is 17.3 Å². The van der Waals surface area contributed by atoms with E-state index < -0.39 is 0 Å². The summed E-state index contributed by atoms with van der Waals surface area (Å²) in [5.41, 5.74) is 0. The van der Waals surface area contributed by atoms with Gasteiger partial charge in [-0.2, -0.15) is 0 Å². The second-order valence-corrected chi connectivity index (χ2v) is 5.95. The van der Waals surface area contributed by atoms with E-state index in [1.165, 1.54) is 25.9 Å². The summed E-state index contributed by atoms with van der Waals surface area (Å²) in [6.07, 6.45) is 2.96. The summed E-state index contributed by atoms with van der Waals surface area (Å²) < 4.78 is 5.62. The second-order valence-electron chi connectivity index (χ2n) is 4.92. The molecule has 4 heteroatoms. The lowest BCUT2D eigenvalue weighted by Gasteiger charge is -2.43. The van der Waals surface area contributed by atoms with Crippen LogP contribution in [0.25, 0.3) is 0 Å². The maximum absolute atomic E-state index is 11.8. The van der Waals surface area contributed by atoms with Crippen molar-refractivity contribution in [2.45, 2.75) is 25.4 Å². The van der Waals surface area contributed by atoms with Gasteiger partial charge in [-0.25, -0.2) is 0 Å². The molecule has 0 radical (unpaired) electrons. The van der Waals surface area contributed by atoms with E-state index in [9.17, 15) is 4.79 Å². The molecule has 3 aliphatic rings. The zero-order valence-corrected chi connectivity index (χ0v) is 10.6. The molecule has 17 heavy (non-hydrogen) atoms. The monoisotopic (exact) mass is 251 g/mol. The molecule has 3 nitrogen and oxygen atoms in total. The van der Waals surface area contributed by atoms with Gasteiger partial charge in [0.15, 0.2) is 0 Å². The predicted octanol–water partition coefficient (Wildman–Crippen LogP) is 1.93. The van der Waals surface area contributed by atoms with Gasteiger partial charge in [-0.1, -0.05) is 6.07 Å². The fourth-order valence-electron chi connectivity index (χ4n) is 2.81. The van der Waals surface area contributed by atoms with Crippen molar-refractivity contribution in [1.29, 1.82) is 0 Å². The van der Waals surface area contributed by atoms with Crippen molar-refractivity contribution in [1.82, 2.24) is 4.90 Å². The molecule has 92 valence electrons. The van der Waals surface area contributed by atoms with E-state index in [0.29, 0.717) is 12.3 Å². The molecule has 0 amide bonds. The number of hydrogen-bond acceptors (Lipinski definition) is 4. The zero-order chi connectivity index (χ0) is 11.7. The SMILES string of the molecule is O=C(Cc1cccs1)O[C@H]1CN2CCC1CC2. The van der Waals surface area contributed by atoms with Gasteiger partial charge in [0.1, 0.15) is 6.10 Å². The average Bonchev–Trinajstić information content (AvgIpc) is 2.83. The molecule has 1 atom stereocenters. The van der Waals surface area contributed by atoms with Gasteiger partial charge in [0.25, 0.3) is 0 Å². The standard InChI is InChI=1S/C13H17NO2S/c15-13(8-11-2-1-7-17-11)16-12-9-14-5-3-10(12)4-6-14/h1-2,7,10,12H,3-6,8-9H2/t12-/m0/s1. The molecule has 0 unspecified atom stereocenters. The molecule has 0 N–H and O–H groups in total. The molecule has 1 aromatic heterocycles. The molecule has 2 bridgehead atoms. The van der Waals surface area contributed by atoms with Crippen LogP contribution in [0.4, 0.5) is 0 Å². The second kappa shape index (κ2) is 4.78. The summed E-state index contributed by atoms with van der Waals surface area (Å²) in [6.45, 7) is 3.31. The lowest BCUT2D eigenvalue weighted by molar-refractivity contribution is -0.157. The lowest BCUT2D eigenvalue weighted by Crippen LogP contribution is -2.52. The van der Waals surface area contributed by atoms with E-state index in [2.05, 4.69) is 4.90 Å². The Labute approximate surface area is 105 Å². The Morgan fingerprint density at radius 2 is 2.29 bits per heavy atom. The van der Waals surface area contributed by atoms with Crippen molar-refractivity contribution in [2.24, 2.45) is 5.92 Å². The molecule has 0 spiro atoms. The first-order valence-electron chi connectivity index (χ1n) is 6.25. The van der Waals surface area contributed by atoms with Crippen LogP contribution in [-0.4, -0.2) is 36.6 Å². The van der Waals surface area contributed by atoms with Crippen LogP contribution < -0.4 is 0 Å². The van der Waals surface area contributed by atoms with Crippen LogP contribution in [-0.2, 0) is 16.0 Å². The van der Waals surface area contributed by atoms with Crippen LogP contribution in [0.5, 0.6) is 0 Å². The number of piperidine rings is 3. The third-order valence-corrected chi connectivity index (χ3v) is 4.65. The topological polar surface area (TPSA) is 29.5 Å². The highest BCUT2D eigenvalue weighted by Crippen LogP contribution is 2.29. The van der Waals surface area contributed by atoms with E-state index in [1.54, 1.807) is 11.3 Å². The minimum absolute atomic E-state index is 0.0637. The van der Waals surface area contributed by atoms with Gasteiger partial charge in [-0.3, -0.25) is 9.69 Å². The normalized spacial score (nSPS) is 31.4. The first-order valence-corrected chi connectivity index (χ1v) is 7.13. The average molecular weight is 251 g/mol. The Morgan fingerprint density at radius 3 is 2.88 bits per heavy atom. The molecule has 3 aliphatic heterocycles. The fourth-order valence-corrected chi connectivity index (χ4v) is 3.50. The van der Waals surface area contributed by atoms with Crippen molar-refractivity contribution in [3.63, 3.8) is 0 Å². The first-order chi connectivity index (χ1) is 8.31. The molecule has 0 saturated carbocycles. The summed E-state index contributed by atoms with van der Waals surface area (Å²) in [7, 11) is 0. The number of carbonyl (C=O) groups excluding carboxylic acids is 1. The summed E-state index contributed by atoms with van der Waals surface area (Å²) in [5, 5.41) is 2.00. The molecule has 0 aliphatic carbocycles. The number of carbonyl (C=O) groups is 1. The minimum Gasteiger partial charge on any atom is -0.460 e. The van der Waals surface area contributed by atoms with Crippen molar-refractivity contribution < 1.29 is 9.53 Å². The summed E-state index contributed by atoms with van der Waals surface area (Å²) in [6, 6.07) is 3.96. The van der Waals surface area contributed by atoms with E-state index in [4.69, 9.17) is 4.74 Å². The third-order valence-electron chi connectivity index (χ3n) is 3.78. The van der Waals surface area contributed by atoms with Crippen LogP contribution in [0, 0.1) is 5.92 Å². The molecular formula is C13H17NO2S. The molecular weight excluding hydrogens is 234 g/mol. The van der Waals surface area contributed by atoms with E-state index in [-0.39, 0.29) is 12.1 Å². The van der Waals surface area contributed by atoms with E-state index in [0.717, 1.165) is 11.4 Å². The van der Waals surface area contributed by atoms with Gasteiger partial charge < -0.3 is 4.74 Å². The number of fused-ring (bicyclic) bond motifs is 3. The number of rotatable bonds is 3. The number of thiophene rings is 1. The molecule has 4 heterocycles. The maximum atomic E-state index is 11.8. The molecule has 1 aromatic rings. The molecule has 4 rings (SSSR count). The summed E-state index contributed by atoms with van der Waals surface area (Å²) in [4.78, 5) is 15.3. The third kappa shape index (κ3) is 2.53. The summed E-state index contributed by atoms with van der Waals surface area (Å²) in [5.74, 6) is 0.540. The Kier molecular flexibility index (Phi) is 3.16. The van der Waals surface area contributed by atoms with Crippen LogP contribution in [0.2, 0.25) is 0 Å². The Hall–Kier alpha value is -0.870. The summed E-state index contributed by atoms with van der Waals surface area (Å²) >= 11 is 1.62. The molecule has 3 saturated heterocycles. The van der Waals surface area contributed by atoms with Crippen LogP contribution in [0.3, 0.4) is 0 Å². The van der Waals surface area contributed by atoms with Gasteiger partial charge in [0.05, 0.1) is 6.42 Å². The van der Waals surface area contributed by atoms with Crippen LogP contribution >= 0.6 is 11.3 Å². The highest BCUT2D eigenvalue weighted by atomic mass is 32.1. The Bertz CT molecular complexity index is 382. The van der Waals surface area contributed by atoms with E-state index >= 15 is 0 Å². The van der Waals surface area contributed by atoms with Crippen molar-refractivity contribution in [3.8, 4) is 0 Å². The predicted molar refractivity (Wildman–Crippen MR) is 67.1 cm³/mol. The lowest BCUT2D eigenvalue weighted by atomic mass is 9.86. The largest absolute Gasteiger partial charge is 0.460 e. The number of ether oxygens (including phenoxy) is 1. The molecule has 3 fully saturated rings. The highest BCUT2D eigenvalue weighted by Gasteiger charge is 2.36.